The van der Waals surface area contributed by atoms with E-state index in [9.17, 15) is 24.6 Å². The number of ether oxygens (including phenoxy) is 3. The van der Waals surface area contributed by atoms with Crippen LogP contribution in [0.3, 0.4) is 0 Å². The molecule has 242 valence electrons. The van der Waals surface area contributed by atoms with Crippen LogP contribution in [-0.2, 0) is 28.6 Å². The molecule has 3 aliphatic heterocycles. The minimum atomic E-state index is -1.42. The van der Waals surface area contributed by atoms with Crippen molar-refractivity contribution in [2.24, 2.45) is 11.8 Å². The maximum Gasteiger partial charge on any atom is 0.306 e. The van der Waals surface area contributed by atoms with E-state index in [0.717, 1.165) is 45.3 Å². The lowest BCUT2D eigenvalue weighted by Gasteiger charge is -2.45. The molecule has 12 nitrogen and oxygen atoms in total. The molecule has 2 amide bonds. The van der Waals surface area contributed by atoms with E-state index in [1.807, 2.05) is 13.8 Å². The second kappa shape index (κ2) is 17.7. The van der Waals surface area contributed by atoms with Crippen molar-refractivity contribution in [3.8, 4) is 0 Å². The van der Waals surface area contributed by atoms with Gasteiger partial charge in [-0.25, -0.2) is 0 Å². The maximum absolute atomic E-state index is 13.2. The number of hydrogen-bond acceptors (Lipinski definition) is 11. The lowest BCUT2D eigenvalue weighted by atomic mass is 9.86. The summed E-state index contributed by atoms with van der Waals surface area (Å²) in [6.45, 7) is 11.0. The van der Waals surface area contributed by atoms with E-state index in [4.69, 9.17) is 14.2 Å². The summed E-state index contributed by atoms with van der Waals surface area (Å²) in [7, 11) is 0. The molecular formula is C29H52N4O8S. The summed E-state index contributed by atoms with van der Waals surface area (Å²) in [6.07, 6.45) is 0.699. The van der Waals surface area contributed by atoms with E-state index in [1.54, 1.807) is 6.26 Å². The normalized spacial score (nSPS) is 31.4. The minimum absolute atomic E-state index is 0.0451. The van der Waals surface area contributed by atoms with Gasteiger partial charge in [-0.1, -0.05) is 33.6 Å². The summed E-state index contributed by atoms with van der Waals surface area (Å²) >= 11 is 1.25. The van der Waals surface area contributed by atoms with Gasteiger partial charge in [-0.3, -0.25) is 19.3 Å². The van der Waals surface area contributed by atoms with Crippen LogP contribution in [0.15, 0.2) is 0 Å². The molecule has 0 aromatic carbocycles. The molecule has 0 aromatic heterocycles. The fourth-order valence-corrected chi connectivity index (χ4v) is 6.65. The van der Waals surface area contributed by atoms with Crippen LogP contribution >= 0.6 is 11.8 Å². The zero-order valence-corrected chi connectivity index (χ0v) is 26.4. The third-order valence-electron chi connectivity index (χ3n) is 8.40. The fraction of sp³-hybridized carbons (Fsp3) is 0.897. The number of carbonyl (C=O) groups is 3. The number of nitrogens with zero attached hydrogens (tertiary/aromatic N) is 1. The number of morpholine rings is 1. The maximum atomic E-state index is 13.2. The van der Waals surface area contributed by atoms with Gasteiger partial charge in [0.2, 0.25) is 11.8 Å². The Labute approximate surface area is 254 Å². The van der Waals surface area contributed by atoms with Gasteiger partial charge in [0.05, 0.1) is 31.7 Å². The lowest BCUT2D eigenvalue weighted by Crippen LogP contribution is -2.65. The first-order valence-electron chi connectivity index (χ1n) is 15.5. The highest BCUT2D eigenvalue weighted by molar-refractivity contribution is 7.99. The van der Waals surface area contributed by atoms with Crippen molar-refractivity contribution in [3.05, 3.63) is 0 Å². The van der Waals surface area contributed by atoms with Crippen molar-refractivity contribution >= 4 is 29.5 Å². The Balaban J connectivity index is 1.50. The molecule has 0 bridgehead atoms. The summed E-state index contributed by atoms with van der Waals surface area (Å²) in [4.78, 5) is 40.3. The minimum Gasteiger partial charge on any atom is -0.456 e. The molecule has 3 saturated heterocycles. The van der Waals surface area contributed by atoms with E-state index in [1.165, 1.54) is 11.8 Å². The van der Waals surface area contributed by atoms with E-state index < -0.39 is 41.9 Å². The Hall–Kier alpha value is -1.48. The van der Waals surface area contributed by atoms with Crippen molar-refractivity contribution in [2.45, 2.75) is 101 Å². The molecule has 8 unspecified atom stereocenters. The van der Waals surface area contributed by atoms with Crippen LogP contribution in [0.5, 0.6) is 0 Å². The quantitative estimate of drug-likeness (QED) is 0.170. The second-order valence-electron chi connectivity index (χ2n) is 11.9. The van der Waals surface area contributed by atoms with Gasteiger partial charge in [-0.05, 0) is 37.5 Å². The average molecular weight is 617 g/mol. The van der Waals surface area contributed by atoms with Crippen molar-refractivity contribution in [2.75, 3.05) is 52.2 Å². The van der Waals surface area contributed by atoms with E-state index in [0.29, 0.717) is 32.2 Å². The Morgan fingerprint density at radius 1 is 1.14 bits per heavy atom. The molecule has 3 aliphatic rings. The summed E-state index contributed by atoms with van der Waals surface area (Å²) in [5.41, 5.74) is -0.764. The molecule has 0 spiro atoms. The first kappa shape index (κ1) is 35.0. The highest BCUT2D eigenvalue weighted by Gasteiger charge is 2.50. The van der Waals surface area contributed by atoms with Gasteiger partial charge in [-0.15, -0.1) is 11.8 Å². The van der Waals surface area contributed by atoms with Crippen molar-refractivity contribution < 1.29 is 38.8 Å². The van der Waals surface area contributed by atoms with Gasteiger partial charge in [-0.2, -0.15) is 0 Å². The van der Waals surface area contributed by atoms with Gasteiger partial charge in [0.1, 0.15) is 23.7 Å². The average Bonchev–Trinajstić information content (AvgIpc) is 2.98. The summed E-state index contributed by atoms with van der Waals surface area (Å²) in [6, 6.07) is -0.883. The van der Waals surface area contributed by atoms with Gasteiger partial charge in [0, 0.05) is 32.6 Å². The van der Waals surface area contributed by atoms with Crippen LogP contribution < -0.4 is 16.0 Å². The van der Waals surface area contributed by atoms with E-state index >= 15 is 0 Å². The molecule has 0 saturated carbocycles. The van der Waals surface area contributed by atoms with Crippen LogP contribution in [0.4, 0.5) is 0 Å². The molecule has 0 radical (unpaired) electrons. The zero-order chi connectivity index (χ0) is 30.6. The lowest BCUT2D eigenvalue weighted by molar-refractivity contribution is -0.221. The Kier molecular flexibility index (Phi) is 14.8. The fourth-order valence-electron chi connectivity index (χ4n) is 5.93. The number of carbonyl (C=O) groups excluding carboxylic acids is 3. The van der Waals surface area contributed by atoms with Gasteiger partial charge < -0.3 is 40.4 Å². The molecule has 13 heteroatoms. The second-order valence-corrected chi connectivity index (χ2v) is 12.8. The third kappa shape index (κ3) is 10.3. The first-order chi connectivity index (χ1) is 20.1. The van der Waals surface area contributed by atoms with Crippen molar-refractivity contribution in [1.82, 2.24) is 20.9 Å². The standard InChI is InChI=1S/C29H52N4O8S/c1-5-6-19-9-10-30-20(17-19)28(38)32-23(18(2)3)26-24(36)25(37)27(29(41-26)42-4)40-22(35)8-7-21(34)31-11-12-33-13-15-39-16-14-33/h18-20,23-27,29-30,36-37H,5-17H2,1-4H3,(H,31,34)(H,32,38). The molecule has 0 aliphatic carbocycles. The molecule has 0 aromatic rings. The number of thioether (sulfide) groups is 1. The number of aliphatic hydroxyl groups excluding tert-OH is 2. The largest absolute Gasteiger partial charge is 0.456 e. The Morgan fingerprint density at radius 2 is 1.88 bits per heavy atom. The van der Waals surface area contributed by atoms with Crippen molar-refractivity contribution in [3.63, 3.8) is 0 Å². The van der Waals surface area contributed by atoms with Crippen LogP contribution in [-0.4, -0.2) is 127 Å². The topological polar surface area (TPSA) is 159 Å². The van der Waals surface area contributed by atoms with E-state index in [2.05, 4.69) is 27.8 Å². The summed E-state index contributed by atoms with van der Waals surface area (Å²) in [5, 5.41) is 31.3. The zero-order valence-electron chi connectivity index (χ0n) is 25.6. The highest BCUT2D eigenvalue weighted by atomic mass is 32.2. The molecule has 3 fully saturated rings. The number of esters is 1. The van der Waals surface area contributed by atoms with Gasteiger partial charge in [0.25, 0.3) is 0 Å². The molecule has 42 heavy (non-hydrogen) atoms. The summed E-state index contributed by atoms with van der Waals surface area (Å²) in [5.74, 6) is -0.655. The molecule has 8 atom stereocenters. The summed E-state index contributed by atoms with van der Waals surface area (Å²) < 4.78 is 17.0. The Bertz CT molecular complexity index is 857. The van der Waals surface area contributed by atoms with Gasteiger partial charge in [0.15, 0.2) is 6.10 Å². The van der Waals surface area contributed by atoms with Crippen LogP contribution in [0, 0.1) is 11.8 Å². The highest BCUT2D eigenvalue weighted by Crippen LogP contribution is 2.33. The molecular weight excluding hydrogens is 564 g/mol. The molecule has 3 rings (SSSR count). The third-order valence-corrected chi connectivity index (χ3v) is 9.24. The number of hydrogen-bond donors (Lipinski definition) is 5. The first-order valence-corrected chi connectivity index (χ1v) is 16.8. The predicted octanol–water partition coefficient (Wildman–Crippen LogP) is 0.246. The molecule has 3 heterocycles. The van der Waals surface area contributed by atoms with Crippen LogP contribution in [0.25, 0.3) is 0 Å². The number of nitrogens with one attached hydrogen (secondary N) is 3. The monoisotopic (exact) mass is 616 g/mol. The van der Waals surface area contributed by atoms with Crippen molar-refractivity contribution in [1.29, 1.82) is 0 Å². The number of amides is 2. The van der Waals surface area contributed by atoms with Gasteiger partial charge >= 0.3 is 5.97 Å². The van der Waals surface area contributed by atoms with Crippen LogP contribution in [0.1, 0.15) is 59.3 Å². The SMILES string of the molecule is CCCC1CCNC(C(=O)NC(C(C)C)C2OC(SC)C(OC(=O)CCC(=O)NCCN3CCOCC3)C(O)C2O)C1. The smallest absolute Gasteiger partial charge is 0.306 e. The number of aliphatic hydroxyl groups is 2. The van der Waals surface area contributed by atoms with Crippen LogP contribution in [0.2, 0.25) is 0 Å². The molecule has 5 N–H and O–H groups in total. The van der Waals surface area contributed by atoms with E-state index in [-0.39, 0.29) is 36.6 Å². The predicted molar refractivity (Wildman–Crippen MR) is 160 cm³/mol. The number of rotatable bonds is 14. The number of piperidine rings is 1. The Morgan fingerprint density at radius 3 is 2.55 bits per heavy atom.